The Morgan fingerprint density at radius 1 is 0.959 bits per heavy atom. The molecule has 4 rings (SSSR count). The number of carbonyl (C=O) groups is 7. The molecule has 1 saturated carbocycles. The van der Waals surface area contributed by atoms with E-state index in [0.717, 1.165) is 17.7 Å². The Hall–Kier alpha value is -4.62. The molecule has 4 N–H and O–H groups in total. The van der Waals surface area contributed by atoms with Gasteiger partial charge in [0.25, 0.3) is 17.7 Å². The van der Waals surface area contributed by atoms with Crippen LogP contribution in [0.25, 0.3) is 0 Å². The van der Waals surface area contributed by atoms with E-state index in [2.05, 4.69) is 32.8 Å². The van der Waals surface area contributed by atoms with Gasteiger partial charge >= 0.3 is 6.03 Å². The van der Waals surface area contributed by atoms with Gasteiger partial charge in [-0.25, -0.2) is 4.79 Å². The van der Waals surface area contributed by atoms with E-state index in [1.54, 1.807) is 20.8 Å². The second kappa shape index (κ2) is 14.9. The maximum atomic E-state index is 14.1. The van der Waals surface area contributed by atoms with Gasteiger partial charge in [0.05, 0.1) is 29.8 Å². The van der Waals surface area contributed by atoms with Gasteiger partial charge in [0, 0.05) is 25.5 Å². The van der Waals surface area contributed by atoms with Crippen LogP contribution in [0.2, 0.25) is 0 Å². The van der Waals surface area contributed by atoms with E-state index < -0.39 is 76.3 Å². The fourth-order valence-corrected chi connectivity index (χ4v) is 6.06. The van der Waals surface area contributed by atoms with Gasteiger partial charge in [-0.05, 0) is 42.1 Å². The molecule has 7 amide bonds. The quantitative estimate of drug-likeness (QED) is 0.138. The Morgan fingerprint density at radius 2 is 1.63 bits per heavy atom. The van der Waals surface area contributed by atoms with E-state index in [1.807, 2.05) is 20.8 Å². The van der Waals surface area contributed by atoms with Crippen molar-refractivity contribution in [1.82, 2.24) is 36.1 Å². The molecule has 266 valence electrons. The number of hydrogen-bond donors (Lipinski definition) is 4. The Balaban J connectivity index is 1.45. The molecule has 2 fully saturated rings. The summed E-state index contributed by atoms with van der Waals surface area (Å²) in [4.78, 5) is 99.2. The molecule has 0 aromatic carbocycles. The first-order chi connectivity index (χ1) is 22.9. The van der Waals surface area contributed by atoms with Crippen LogP contribution < -0.4 is 21.3 Å². The fourth-order valence-electron chi connectivity index (χ4n) is 6.06. The normalized spacial score (nSPS) is 19.4. The smallest absolute Gasteiger partial charge is 0.315 e. The molecule has 2 aliphatic heterocycles. The standard InChI is InChI=1S/C35H49N7O7/c1-8-14-37-29(45)26(43)23(17-20-11-12-20)38-28(44)24-10-9-16-41(24)32(48)27(35(5,6)7)40-33(49)39-25(34(2,3)4)19-42-30(46)21-13-15-36-18-22(21)31(42)47/h8,13,15,18,20,23-25,27H,1,9-12,14,16-17,19H2,2-7H3,(H,37,45)(H,38,44)(H2,39,40,49)/t23?,24-,25+,27+/m0/s1. The number of fused-ring (bicyclic) bond motifs is 1. The van der Waals surface area contributed by atoms with Gasteiger partial charge in [0.2, 0.25) is 17.6 Å². The van der Waals surface area contributed by atoms with Crippen LogP contribution >= 0.6 is 0 Å². The predicted octanol–water partition coefficient (Wildman–Crippen LogP) is 1.95. The topological polar surface area (TPSA) is 187 Å². The minimum absolute atomic E-state index is 0.0991. The average molecular weight is 680 g/mol. The highest BCUT2D eigenvalue weighted by atomic mass is 16.2. The summed E-state index contributed by atoms with van der Waals surface area (Å²) in [6.45, 7) is 14.8. The number of likely N-dealkylation sites (tertiary alicyclic amines) is 1. The van der Waals surface area contributed by atoms with Crippen molar-refractivity contribution in [3.63, 3.8) is 0 Å². The number of amides is 7. The van der Waals surface area contributed by atoms with Crippen molar-refractivity contribution in [3.05, 3.63) is 42.2 Å². The van der Waals surface area contributed by atoms with Gasteiger partial charge in [0.15, 0.2) is 0 Å². The molecule has 49 heavy (non-hydrogen) atoms. The van der Waals surface area contributed by atoms with Crippen LogP contribution in [0.1, 0.15) is 94.4 Å². The number of urea groups is 1. The summed E-state index contributed by atoms with van der Waals surface area (Å²) in [5.74, 6) is -3.27. The molecule has 3 heterocycles. The van der Waals surface area contributed by atoms with E-state index in [9.17, 15) is 33.6 Å². The zero-order valence-corrected chi connectivity index (χ0v) is 29.3. The van der Waals surface area contributed by atoms with Gasteiger partial charge < -0.3 is 26.2 Å². The van der Waals surface area contributed by atoms with E-state index >= 15 is 0 Å². The van der Waals surface area contributed by atoms with Crippen molar-refractivity contribution in [2.24, 2.45) is 16.7 Å². The average Bonchev–Trinajstić information content (AvgIpc) is 3.65. The molecule has 0 radical (unpaired) electrons. The molecule has 14 heteroatoms. The van der Waals surface area contributed by atoms with Gasteiger partial charge in [-0.15, -0.1) is 6.58 Å². The molecule has 1 saturated heterocycles. The van der Waals surface area contributed by atoms with Crippen LogP contribution in [0.3, 0.4) is 0 Å². The van der Waals surface area contributed by atoms with Crippen molar-refractivity contribution in [2.75, 3.05) is 19.6 Å². The first-order valence-corrected chi connectivity index (χ1v) is 16.8. The number of aromatic nitrogens is 1. The summed E-state index contributed by atoms with van der Waals surface area (Å²) in [7, 11) is 0. The fraction of sp³-hybridized carbons (Fsp3) is 0.600. The highest BCUT2D eigenvalue weighted by molar-refractivity contribution is 6.38. The maximum absolute atomic E-state index is 14.1. The number of carbonyl (C=O) groups excluding carboxylic acids is 7. The lowest BCUT2D eigenvalue weighted by atomic mass is 9.85. The molecule has 1 aliphatic carbocycles. The third kappa shape index (κ3) is 8.90. The zero-order valence-electron chi connectivity index (χ0n) is 29.3. The van der Waals surface area contributed by atoms with Crippen molar-refractivity contribution >= 4 is 41.4 Å². The molecular weight excluding hydrogens is 630 g/mol. The molecule has 1 aromatic heterocycles. The van der Waals surface area contributed by atoms with Gasteiger partial charge in [-0.2, -0.15) is 0 Å². The Labute approximate surface area is 287 Å². The molecule has 1 unspecified atom stereocenters. The molecule has 3 aliphatic rings. The number of nitrogens with zero attached hydrogens (tertiary/aromatic N) is 3. The van der Waals surface area contributed by atoms with E-state index in [-0.39, 0.29) is 36.7 Å². The summed E-state index contributed by atoms with van der Waals surface area (Å²) in [6.07, 6.45) is 7.30. The first-order valence-electron chi connectivity index (χ1n) is 16.8. The number of pyridine rings is 1. The third-order valence-electron chi connectivity index (χ3n) is 9.24. The number of imide groups is 1. The summed E-state index contributed by atoms with van der Waals surface area (Å²) in [5, 5.41) is 10.9. The maximum Gasteiger partial charge on any atom is 0.315 e. The van der Waals surface area contributed by atoms with E-state index in [4.69, 9.17) is 0 Å². The molecular formula is C35H49N7O7. The Bertz CT molecular complexity index is 1470. The van der Waals surface area contributed by atoms with Crippen molar-refractivity contribution in [1.29, 1.82) is 0 Å². The molecule has 1 aromatic rings. The Kier molecular flexibility index (Phi) is 11.3. The largest absolute Gasteiger partial charge is 0.346 e. The minimum Gasteiger partial charge on any atom is -0.346 e. The molecule has 0 bridgehead atoms. The van der Waals surface area contributed by atoms with E-state index in [0.29, 0.717) is 19.3 Å². The minimum atomic E-state index is -1.06. The number of Topliss-reactive ketones (excluding diaryl/α,β-unsaturated/α-hetero) is 1. The lowest BCUT2D eigenvalue weighted by Crippen LogP contribution is -2.62. The SMILES string of the molecule is C=CCNC(=O)C(=O)C(CC1CC1)NC(=O)[C@@H]1CCCN1C(=O)[C@@H](NC(=O)N[C@H](CN1C(=O)c2ccncc2C1=O)C(C)(C)C)C(C)(C)C. The molecule has 14 nitrogen and oxygen atoms in total. The van der Waals surface area contributed by atoms with Crippen LogP contribution in [0.4, 0.5) is 4.79 Å². The van der Waals surface area contributed by atoms with Crippen molar-refractivity contribution in [2.45, 2.75) is 97.8 Å². The van der Waals surface area contributed by atoms with Crippen LogP contribution in [0.15, 0.2) is 31.1 Å². The summed E-state index contributed by atoms with van der Waals surface area (Å²) < 4.78 is 0. The molecule has 4 atom stereocenters. The lowest BCUT2D eigenvalue weighted by molar-refractivity contribution is -0.143. The summed E-state index contributed by atoms with van der Waals surface area (Å²) >= 11 is 0. The number of hydrogen-bond acceptors (Lipinski definition) is 8. The van der Waals surface area contributed by atoms with Crippen LogP contribution in [-0.2, 0) is 19.2 Å². The highest BCUT2D eigenvalue weighted by Gasteiger charge is 2.44. The number of ketones is 1. The first kappa shape index (κ1) is 37.2. The Morgan fingerprint density at radius 3 is 2.22 bits per heavy atom. The van der Waals surface area contributed by atoms with Gasteiger partial charge in [-0.1, -0.05) is 60.5 Å². The van der Waals surface area contributed by atoms with Gasteiger partial charge in [-0.3, -0.25) is 38.7 Å². The van der Waals surface area contributed by atoms with Crippen LogP contribution in [-0.4, -0.2) is 99.9 Å². The summed E-state index contributed by atoms with van der Waals surface area (Å²) in [6, 6.07) is -2.84. The van der Waals surface area contributed by atoms with Crippen LogP contribution in [0.5, 0.6) is 0 Å². The second-order valence-corrected chi connectivity index (χ2v) is 15.3. The van der Waals surface area contributed by atoms with Crippen molar-refractivity contribution in [3.8, 4) is 0 Å². The zero-order chi connectivity index (χ0) is 36.3. The second-order valence-electron chi connectivity index (χ2n) is 15.3. The number of rotatable bonds is 13. The highest BCUT2D eigenvalue weighted by Crippen LogP contribution is 2.34. The van der Waals surface area contributed by atoms with Gasteiger partial charge in [0.1, 0.15) is 12.1 Å². The van der Waals surface area contributed by atoms with E-state index in [1.165, 1.54) is 29.4 Å². The predicted molar refractivity (Wildman–Crippen MR) is 180 cm³/mol. The van der Waals surface area contributed by atoms with Crippen LogP contribution in [0, 0.1) is 16.7 Å². The molecule has 0 spiro atoms. The summed E-state index contributed by atoms with van der Waals surface area (Å²) in [5.41, 5.74) is -0.926. The monoisotopic (exact) mass is 679 g/mol. The van der Waals surface area contributed by atoms with Crippen molar-refractivity contribution < 1.29 is 33.6 Å². The lowest BCUT2D eigenvalue weighted by Gasteiger charge is -2.37. The number of nitrogens with one attached hydrogen (secondary N) is 4. The third-order valence-corrected chi connectivity index (χ3v) is 9.24.